The first kappa shape index (κ1) is 21.5. The molecule has 3 aromatic heterocycles. The van der Waals surface area contributed by atoms with Crippen molar-refractivity contribution in [1.82, 2.24) is 24.1 Å². The molecule has 0 radical (unpaired) electrons. The molecule has 6 nitrogen and oxygen atoms in total. The Morgan fingerprint density at radius 2 is 1.83 bits per heavy atom. The first-order valence-corrected chi connectivity index (χ1v) is 11.8. The summed E-state index contributed by atoms with van der Waals surface area (Å²) in [5.41, 5.74) is 4.12. The van der Waals surface area contributed by atoms with E-state index in [0.717, 1.165) is 52.2 Å². The maximum Gasteiger partial charge on any atom is 0.223 e. The molecular formula is C27H24F2N6. The molecule has 1 aliphatic heterocycles. The normalized spacial score (nSPS) is 15.0. The van der Waals surface area contributed by atoms with E-state index < -0.39 is 0 Å². The first-order valence-electron chi connectivity index (χ1n) is 11.8. The number of imidazole rings is 1. The fourth-order valence-corrected chi connectivity index (χ4v) is 4.98. The van der Waals surface area contributed by atoms with Crippen molar-refractivity contribution in [3.8, 4) is 22.6 Å². The summed E-state index contributed by atoms with van der Waals surface area (Å²) < 4.78 is 32.0. The molecule has 1 unspecified atom stereocenters. The van der Waals surface area contributed by atoms with Gasteiger partial charge in [-0.15, -0.1) is 0 Å². The van der Waals surface area contributed by atoms with Crippen LogP contribution in [0.2, 0.25) is 0 Å². The number of halogens is 2. The molecule has 0 fully saturated rings. The number of hydrogen-bond acceptors (Lipinski definition) is 4. The molecule has 1 atom stereocenters. The van der Waals surface area contributed by atoms with E-state index >= 15 is 0 Å². The smallest absolute Gasteiger partial charge is 0.223 e. The van der Waals surface area contributed by atoms with E-state index in [1.807, 2.05) is 25.3 Å². The second-order valence-corrected chi connectivity index (χ2v) is 8.76. The number of aromatic nitrogens is 5. The average molecular weight is 471 g/mol. The average Bonchev–Trinajstić information content (AvgIpc) is 3.55. The van der Waals surface area contributed by atoms with Crippen LogP contribution in [-0.2, 0) is 13.0 Å². The van der Waals surface area contributed by atoms with Gasteiger partial charge in [0.15, 0.2) is 0 Å². The van der Waals surface area contributed by atoms with E-state index in [-0.39, 0.29) is 17.7 Å². The topological polar surface area (TPSA) is 60.6 Å². The van der Waals surface area contributed by atoms with Gasteiger partial charge in [-0.1, -0.05) is 0 Å². The molecule has 1 N–H and O–H groups in total. The number of nitrogens with one attached hydrogen (secondary N) is 1. The van der Waals surface area contributed by atoms with Gasteiger partial charge in [-0.25, -0.2) is 23.7 Å². The van der Waals surface area contributed by atoms with Gasteiger partial charge in [0, 0.05) is 37.5 Å². The van der Waals surface area contributed by atoms with Crippen LogP contribution in [0.1, 0.15) is 25.2 Å². The minimum Gasteiger partial charge on any atom is -0.354 e. The highest BCUT2D eigenvalue weighted by Crippen LogP contribution is 2.40. The summed E-state index contributed by atoms with van der Waals surface area (Å²) in [4.78, 5) is 14.1. The van der Waals surface area contributed by atoms with Crippen LogP contribution in [0.5, 0.6) is 0 Å². The Balaban J connectivity index is 1.48. The van der Waals surface area contributed by atoms with Crippen LogP contribution < -0.4 is 5.32 Å². The van der Waals surface area contributed by atoms with Crippen LogP contribution in [-0.4, -0.2) is 30.6 Å². The molecule has 176 valence electrons. The number of nitrogens with zero attached hydrogens (tertiary/aromatic N) is 5. The van der Waals surface area contributed by atoms with Crippen molar-refractivity contribution in [3.63, 3.8) is 0 Å². The number of fused-ring (bicyclic) bond motifs is 2. The molecule has 5 aromatic rings. The van der Waals surface area contributed by atoms with Crippen molar-refractivity contribution >= 4 is 16.9 Å². The summed E-state index contributed by atoms with van der Waals surface area (Å²) in [5, 5.41) is 4.18. The van der Waals surface area contributed by atoms with Gasteiger partial charge in [0.2, 0.25) is 5.95 Å². The number of aryl methyl sites for hydroxylation is 1. The van der Waals surface area contributed by atoms with Crippen molar-refractivity contribution < 1.29 is 8.78 Å². The molecule has 0 spiro atoms. The Labute approximate surface area is 201 Å². The lowest BCUT2D eigenvalue weighted by atomic mass is 10.1. The fourth-order valence-electron chi connectivity index (χ4n) is 4.98. The summed E-state index contributed by atoms with van der Waals surface area (Å²) in [6.07, 6.45) is 5.48. The molecule has 35 heavy (non-hydrogen) atoms. The molecular weight excluding hydrogens is 446 g/mol. The minimum atomic E-state index is -0.289. The lowest BCUT2D eigenvalue weighted by Crippen LogP contribution is -2.14. The van der Waals surface area contributed by atoms with Crippen molar-refractivity contribution in [3.05, 3.63) is 84.4 Å². The molecule has 2 aromatic carbocycles. The molecule has 4 heterocycles. The molecule has 1 aliphatic rings. The molecule has 0 saturated carbocycles. The van der Waals surface area contributed by atoms with Gasteiger partial charge in [-0.2, -0.15) is 0 Å². The zero-order chi connectivity index (χ0) is 23.9. The number of hydrogen-bond donors (Lipinski definition) is 1. The number of rotatable bonds is 6. The predicted molar refractivity (Wildman–Crippen MR) is 132 cm³/mol. The van der Waals surface area contributed by atoms with Crippen molar-refractivity contribution in [2.75, 3.05) is 11.9 Å². The van der Waals surface area contributed by atoms with Crippen LogP contribution in [0.15, 0.2) is 67.0 Å². The van der Waals surface area contributed by atoms with Crippen LogP contribution in [0.3, 0.4) is 0 Å². The van der Waals surface area contributed by atoms with Gasteiger partial charge in [0.1, 0.15) is 17.5 Å². The molecule has 0 saturated heterocycles. The van der Waals surface area contributed by atoms with E-state index in [1.165, 1.54) is 18.2 Å². The van der Waals surface area contributed by atoms with Crippen LogP contribution in [0, 0.1) is 11.6 Å². The van der Waals surface area contributed by atoms with E-state index in [4.69, 9.17) is 9.97 Å². The third-order valence-electron chi connectivity index (χ3n) is 6.54. The highest BCUT2D eigenvalue weighted by atomic mass is 19.1. The summed E-state index contributed by atoms with van der Waals surface area (Å²) in [5.74, 6) is 0.981. The Morgan fingerprint density at radius 1 is 1.00 bits per heavy atom. The third kappa shape index (κ3) is 3.84. The highest BCUT2D eigenvalue weighted by molar-refractivity contribution is 5.80. The summed E-state index contributed by atoms with van der Waals surface area (Å²) in [6, 6.07) is 15.3. The molecule has 8 heteroatoms. The Bertz CT molecular complexity index is 1520. The fraction of sp³-hybridized carbons (Fsp3) is 0.222. The molecule has 0 bridgehead atoms. The zero-order valence-electron chi connectivity index (χ0n) is 19.2. The molecule has 0 aliphatic carbocycles. The first-order chi connectivity index (χ1) is 17.1. The lowest BCUT2D eigenvalue weighted by molar-refractivity contribution is 0.459. The van der Waals surface area contributed by atoms with E-state index in [0.29, 0.717) is 19.0 Å². The van der Waals surface area contributed by atoms with Gasteiger partial charge in [0.05, 0.1) is 28.6 Å². The van der Waals surface area contributed by atoms with Crippen LogP contribution >= 0.6 is 0 Å². The standard InChI is InChI=1S/C27H24F2N6/c1-2-30-27-31-13-11-22(32-27)26-25(18-4-6-19(28)7-5-18)33-24-10-9-21(35(24)26)16-34-14-12-17-3-8-20(29)15-23(17)34/h3-8,11-15,21H,2,9-10,16H2,1H3,(H,30,31,32). The maximum absolute atomic E-state index is 14.0. The zero-order valence-corrected chi connectivity index (χ0v) is 19.2. The Kier molecular flexibility index (Phi) is 5.28. The van der Waals surface area contributed by atoms with Crippen molar-refractivity contribution in [2.45, 2.75) is 32.4 Å². The Hall–Kier alpha value is -4.07. The molecule has 6 rings (SSSR count). The second-order valence-electron chi connectivity index (χ2n) is 8.76. The highest BCUT2D eigenvalue weighted by Gasteiger charge is 2.31. The van der Waals surface area contributed by atoms with Gasteiger partial charge >= 0.3 is 0 Å². The Morgan fingerprint density at radius 3 is 2.66 bits per heavy atom. The summed E-state index contributed by atoms with van der Waals surface area (Å²) in [7, 11) is 0. The van der Waals surface area contributed by atoms with Crippen molar-refractivity contribution in [1.29, 1.82) is 0 Å². The number of benzene rings is 2. The summed E-state index contributed by atoms with van der Waals surface area (Å²) >= 11 is 0. The lowest BCUT2D eigenvalue weighted by Gasteiger charge is -2.19. The number of anilines is 1. The monoisotopic (exact) mass is 470 g/mol. The summed E-state index contributed by atoms with van der Waals surface area (Å²) in [6.45, 7) is 3.38. The third-order valence-corrected chi connectivity index (χ3v) is 6.54. The minimum absolute atomic E-state index is 0.109. The maximum atomic E-state index is 14.0. The quantitative estimate of drug-likeness (QED) is 0.338. The largest absolute Gasteiger partial charge is 0.354 e. The van der Waals surface area contributed by atoms with Gasteiger partial charge < -0.3 is 14.5 Å². The molecule has 0 amide bonds. The van der Waals surface area contributed by atoms with Gasteiger partial charge in [-0.05, 0) is 73.3 Å². The van der Waals surface area contributed by atoms with Gasteiger partial charge in [0.25, 0.3) is 0 Å². The second kappa shape index (κ2) is 8.61. The predicted octanol–water partition coefficient (Wildman–Crippen LogP) is 5.86. The van der Waals surface area contributed by atoms with Crippen molar-refractivity contribution in [2.24, 2.45) is 0 Å². The van der Waals surface area contributed by atoms with Gasteiger partial charge in [-0.3, -0.25) is 0 Å². The van der Waals surface area contributed by atoms with E-state index in [1.54, 1.807) is 30.5 Å². The van der Waals surface area contributed by atoms with Crippen LogP contribution in [0.25, 0.3) is 33.5 Å². The van der Waals surface area contributed by atoms with E-state index in [9.17, 15) is 8.78 Å². The SMILES string of the molecule is CCNc1nccc(-c2c(-c3ccc(F)cc3)nc3n2C(Cn2ccc4ccc(F)cc42)CC3)n1. The van der Waals surface area contributed by atoms with E-state index in [2.05, 4.69) is 19.4 Å². The van der Waals surface area contributed by atoms with Crippen LogP contribution in [0.4, 0.5) is 14.7 Å².